The van der Waals surface area contributed by atoms with Crippen LogP contribution < -0.4 is 20.9 Å². The molecule has 0 saturated heterocycles. The largest absolute Gasteiger partial charge is 0.493 e. The van der Waals surface area contributed by atoms with Crippen LogP contribution >= 0.6 is 0 Å². The molecule has 0 amide bonds. The van der Waals surface area contributed by atoms with Gasteiger partial charge in [0.15, 0.2) is 11.3 Å². The third-order valence-corrected chi connectivity index (χ3v) is 5.59. The van der Waals surface area contributed by atoms with E-state index in [1.807, 2.05) is 24.3 Å². The zero-order chi connectivity index (χ0) is 22.2. The second kappa shape index (κ2) is 7.81. The minimum Gasteiger partial charge on any atom is -0.493 e. The monoisotopic (exact) mass is 429 g/mol. The quantitative estimate of drug-likeness (QED) is 0.419. The van der Waals surface area contributed by atoms with Gasteiger partial charge in [-0.05, 0) is 35.2 Å². The molecule has 3 aromatic heterocycles. The van der Waals surface area contributed by atoms with Crippen LogP contribution in [0.3, 0.4) is 0 Å². The molecule has 0 unspecified atom stereocenters. The van der Waals surface area contributed by atoms with Crippen molar-refractivity contribution in [2.45, 2.75) is 13.0 Å². The Morgan fingerprint density at radius 3 is 2.66 bits per heavy atom. The van der Waals surface area contributed by atoms with Crippen LogP contribution in [0.5, 0.6) is 11.5 Å². The number of benzene rings is 2. The molecule has 0 saturated carbocycles. The lowest BCUT2D eigenvalue weighted by molar-refractivity contribution is 0.352. The molecule has 3 heterocycles. The molecule has 162 valence electrons. The first-order valence-electron chi connectivity index (χ1n) is 10.1. The van der Waals surface area contributed by atoms with Crippen molar-refractivity contribution in [3.05, 3.63) is 71.7 Å². The number of nitrogen functional groups attached to an aromatic ring is 2. The van der Waals surface area contributed by atoms with E-state index in [0.717, 1.165) is 27.8 Å². The lowest BCUT2D eigenvalue weighted by Crippen LogP contribution is -2.04. The van der Waals surface area contributed by atoms with Gasteiger partial charge >= 0.3 is 0 Å². The lowest BCUT2D eigenvalue weighted by atomic mass is 10.0. The molecule has 5 rings (SSSR count). The van der Waals surface area contributed by atoms with Crippen molar-refractivity contribution in [1.29, 1.82) is 0 Å². The fourth-order valence-corrected chi connectivity index (χ4v) is 4.05. The molecule has 32 heavy (non-hydrogen) atoms. The van der Waals surface area contributed by atoms with E-state index in [9.17, 15) is 0 Å². The number of ether oxygens (including phenoxy) is 2. The molecule has 5 aromatic rings. The maximum absolute atomic E-state index is 6.27. The molecule has 0 aliphatic rings. The molecular formula is C24H23N5O3. The number of hydrogen-bond acceptors (Lipinski definition) is 7. The first-order chi connectivity index (χ1) is 15.6. The Balaban J connectivity index is 1.61. The summed E-state index contributed by atoms with van der Waals surface area (Å²) < 4.78 is 19.6. The molecule has 8 heteroatoms. The predicted molar refractivity (Wildman–Crippen MR) is 124 cm³/mol. The van der Waals surface area contributed by atoms with Gasteiger partial charge in [0.2, 0.25) is 11.7 Å². The average molecular weight is 429 g/mol. The summed E-state index contributed by atoms with van der Waals surface area (Å²) >= 11 is 0. The van der Waals surface area contributed by atoms with E-state index in [2.05, 4.69) is 38.9 Å². The van der Waals surface area contributed by atoms with Crippen LogP contribution in [0, 0.1) is 0 Å². The van der Waals surface area contributed by atoms with Crippen LogP contribution in [0.4, 0.5) is 11.8 Å². The zero-order valence-corrected chi connectivity index (χ0v) is 17.8. The summed E-state index contributed by atoms with van der Waals surface area (Å²) in [7, 11) is 3.20. The Hall–Kier alpha value is -4.20. The highest BCUT2D eigenvalue weighted by Crippen LogP contribution is 2.40. The Kier molecular flexibility index (Phi) is 4.82. The fraction of sp³-hybridized carbons (Fsp3) is 0.167. The third kappa shape index (κ3) is 3.35. The van der Waals surface area contributed by atoms with Crippen molar-refractivity contribution in [3.8, 4) is 11.5 Å². The van der Waals surface area contributed by atoms with E-state index in [0.29, 0.717) is 35.9 Å². The molecule has 0 fully saturated rings. The van der Waals surface area contributed by atoms with E-state index in [1.165, 1.54) is 5.39 Å². The standard InChI is InChI=1S/C24H23N5O3/c1-30-20-10-15(9-16-12-27-24(26)28-23(16)25)18-11-17(32-21(18)22(20)31-2)13-29-8-7-14-5-3-4-6-19(14)29/h3-8,10-12H,9,13H2,1-2H3,(H4,25,26,27,28). The van der Waals surface area contributed by atoms with Gasteiger partial charge in [0.05, 0.1) is 20.8 Å². The maximum Gasteiger partial charge on any atom is 0.221 e. The highest BCUT2D eigenvalue weighted by molar-refractivity contribution is 5.90. The maximum atomic E-state index is 6.27. The van der Waals surface area contributed by atoms with Gasteiger partial charge in [0.1, 0.15) is 11.6 Å². The number of hydrogen-bond donors (Lipinski definition) is 2. The summed E-state index contributed by atoms with van der Waals surface area (Å²) in [6.45, 7) is 0.584. The Morgan fingerprint density at radius 1 is 1.03 bits per heavy atom. The second-order valence-electron chi connectivity index (χ2n) is 7.54. The smallest absolute Gasteiger partial charge is 0.221 e. The van der Waals surface area contributed by atoms with E-state index < -0.39 is 0 Å². The molecule has 0 aliphatic carbocycles. The number of fused-ring (bicyclic) bond motifs is 2. The van der Waals surface area contributed by atoms with Crippen molar-refractivity contribution in [2.24, 2.45) is 0 Å². The Morgan fingerprint density at radius 2 is 1.88 bits per heavy atom. The predicted octanol–water partition coefficient (Wildman–Crippen LogP) is 4.00. The molecule has 0 bridgehead atoms. The van der Waals surface area contributed by atoms with E-state index in [-0.39, 0.29) is 5.95 Å². The Bertz CT molecular complexity index is 1440. The molecule has 0 atom stereocenters. The van der Waals surface area contributed by atoms with Gasteiger partial charge < -0.3 is 29.9 Å². The highest BCUT2D eigenvalue weighted by atomic mass is 16.5. The summed E-state index contributed by atoms with van der Waals surface area (Å²) in [5.74, 6) is 2.43. The topological polar surface area (TPSA) is 114 Å². The summed E-state index contributed by atoms with van der Waals surface area (Å²) in [6, 6.07) is 14.3. The highest BCUT2D eigenvalue weighted by Gasteiger charge is 2.20. The molecule has 0 radical (unpaired) electrons. The van der Waals surface area contributed by atoms with Gasteiger partial charge in [-0.2, -0.15) is 4.98 Å². The summed E-state index contributed by atoms with van der Waals surface area (Å²) in [5, 5.41) is 2.10. The van der Waals surface area contributed by atoms with Gasteiger partial charge in [-0.15, -0.1) is 0 Å². The van der Waals surface area contributed by atoms with Gasteiger partial charge in [0, 0.05) is 35.3 Å². The van der Waals surface area contributed by atoms with Crippen molar-refractivity contribution in [2.75, 3.05) is 25.7 Å². The first kappa shape index (κ1) is 19.7. The van der Waals surface area contributed by atoms with Crippen LogP contribution in [0.2, 0.25) is 0 Å². The number of nitrogens with two attached hydrogens (primary N) is 2. The number of furan rings is 1. The molecule has 0 aliphatic heterocycles. The number of para-hydroxylation sites is 1. The van der Waals surface area contributed by atoms with Crippen LogP contribution in [0.25, 0.3) is 21.9 Å². The zero-order valence-electron chi connectivity index (χ0n) is 17.8. The molecule has 8 nitrogen and oxygen atoms in total. The average Bonchev–Trinajstić information content (AvgIpc) is 3.40. The van der Waals surface area contributed by atoms with Crippen LogP contribution in [0.1, 0.15) is 16.9 Å². The fourth-order valence-electron chi connectivity index (χ4n) is 4.05. The van der Waals surface area contributed by atoms with Crippen molar-refractivity contribution in [3.63, 3.8) is 0 Å². The third-order valence-electron chi connectivity index (χ3n) is 5.59. The van der Waals surface area contributed by atoms with Gasteiger partial charge in [-0.25, -0.2) is 4.98 Å². The van der Waals surface area contributed by atoms with Gasteiger partial charge in [-0.1, -0.05) is 18.2 Å². The molecule has 4 N–H and O–H groups in total. The van der Waals surface area contributed by atoms with E-state index >= 15 is 0 Å². The van der Waals surface area contributed by atoms with Gasteiger partial charge in [-0.3, -0.25) is 0 Å². The summed E-state index contributed by atoms with van der Waals surface area (Å²) in [5.41, 5.74) is 15.2. The van der Waals surface area contributed by atoms with E-state index in [4.69, 9.17) is 25.4 Å². The van der Waals surface area contributed by atoms with Gasteiger partial charge in [0.25, 0.3) is 0 Å². The Labute approximate surface area is 184 Å². The molecule has 0 spiro atoms. The normalized spacial score (nSPS) is 11.3. The second-order valence-corrected chi connectivity index (χ2v) is 7.54. The van der Waals surface area contributed by atoms with Crippen molar-refractivity contribution in [1.82, 2.24) is 14.5 Å². The summed E-state index contributed by atoms with van der Waals surface area (Å²) in [4.78, 5) is 8.15. The van der Waals surface area contributed by atoms with Crippen LogP contribution in [-0.2, 0) is 13.0 Å². The molecular weight excluding hydrogens is 406 g/mol. The summed E-state index contributed by atoms with van der Waals surface area (Å²) in [6.07, 6.45) is 4.20. The number of methoxy groups -OCH3 is 2. The number of rotatable bonds is 6. The SMILES string of the molecule is COc1cc(Cc2cnc(N)nc2N)c2cc(Cn3ccc4ccccc43)oc2c1OC. The molecule has 2 aromatic carbocycles. The van der Waals surface area contributed by atoms with Crippen molar-refractivity contribution < 1.29 is 13.9 Å². The minimum atomic E-state index is 0.147. The van der Waals surface area contributed by atoms with Crippen LogP contribution in [0.15, 0.2) is 59.3 Å². The van der Waals surface area contributed by atoms with Crippen molar-refractivity contribution >= 4 is 33.6 Å². The minimum absolute atomic E-state index is 0.147. The lowest BCUT2D eigenvalue weighted by Gasteiger charge is -2.12. The first-order valence-corrected chi connectivity index (χ1v) is 10.1. The number of nitrogens with zero attached hydrogens (tertiary/aromatic N) is 3. The number of anilines is 2. The van der Waals surface area contributed by atoms with Crippen LogP contribution in [-0.4, -0.2) is 28.8 Å². The van der Waals surface area contributed by atoms with E-state index in [1.54, 1.807) is 20.4 Å². The number of aromatic nitrogens is 3.